The first-order chi connectivity index (χ1) is 11.6. The Morgan fingerprint density at radius 1 is 1.28 bits per heavy atom. The van der Waals surface area contributed by atoms with E-state index >= 15 is 0 Å². The van der Waals surface area contributed by atoms with Gasteiger partial charge in [0.05, 0.1) is 24.1 Å². The molecule has 2 heterocycles. The molecular formula is C17H22F3N3O2. The van der Waals surface area contributed by atoms with Crippen LogP contribution in [0.4, 0.5) is 18.0 Å². The maximum absolute atomic E-state index is 12.7. The Hall–Kier alpha value is -2.12. The first-order valence-corrected chi connectivity index (χ1v) is 8.13. The molecule has 1 aromatic heterocycles. The van der Waals surface area contributed by atoms with Crippen molar-refractivity contribution in [3.8, 4) is 0 Å². The molecule has 1 aliphatic rings. The van der Waals surface area contributed by atoms with Crippen LogP contribution in [0.5, 0.6) is 0 Å². The van der Waals surface area contributed by atoms with Crippen molar-refractivity contribution in [2.75, 3.05) is 6.54 Å². The molecule has 1 fully saturated rings. The molecule has 5 nitrogen and oxygen atoms in total. The molecule has 0 saturated carbocycles. The number of rotatable bonds is 2. The summed E-state index contributed by atoms with van der Waals surface area (Å²) in [5.74, 6) is 0. The second kappa shape index (κ2) is 7.41. The van der Waals surface area contributed by atoms with Gasteiger partial charge in [0.15, 0.2) is 5.69 Å². The first kappa shape index (κ1) is 19.2. The molecule has 2 rings (SSSR count). The van der Waals surface area contributed by atoms with E-state index in [1.54, 1.807) is 31.7 Å². The number of carbonyl (C=O) groups is 1. The Morgan fingerprint density at radius 2 is 2.00 bits per heavy atom. The summed E-state index contributed by atoms with van der Waals surface area (Å²) in [6.45, 7) is 5.92. The molecule has 138 valence electrons. The summed E-state index contributed by atoms with van der Waals surface area (Å²) in [5.41, 5.74) is -1.54. The van der Waals surface area contributed by atoms with E-state index in [-0.39, 0.29) is 11.7 Å². The molecule has 25 heavy (non-hydrogen) atoms. The summed E-state index contributed by atoms with van der Waals surface area (Å²) in [4.78, 5) is 21.0. The van der Waals surface area contributed by atoms with Gasteiger partial charge in [-0.15, -0.1) is 0 Å². The lowest BCUT2D eigenvalue weighted by molar-refractivity contribution is -0.141. The largest absolute Gasteiger partial charge is 0.444 e. The van der Waals surface area contributed by atoms with Crippen molar-refractivity contribution in [2.24, 2.45) is 0 Å². The normalized spacial score (nSPS) is 19.3. The van der Waals surface area contributed by atoms with Crippen molar-refractivity contribution < 1.29 is 22.7 Å². The molecule has 0 spiro atoms. The number of likely N-dealkylation sites (tertiary alicyclic amines) is 1. The van der Waals surface area contributed by atoms with E-state index in [1.807, 2.05) is 0 Å². The fraction of sp³-hybridized carbons (Fsp3) is 0.588. The van der Waals surface area contributed by atoms with Gasteiger partial charge in [-0.05, 0) is 46.1 Å². The highest BCUT2D eigenvalue weighted by Gasteiger charge is 2.33. The molecule has 0 aromatic carbocycles. The van der Waals surface area contributed by atoms with E-state index in [0.717, 1.165) is 19.3 Å². The van der Waals surface area contributed by atoms with Crippen LogP contribution in [0.2, 0.25) is 0 Å². The molecule has 1 atom stereocenters. The highest BCUT2D eigenvalue weighted by molar-refractivity contribution is 5.69. The van der Waals surface area contributed by atoms with Gasteiger partial charge in [-0.25, -0.2) is 9.78 Å². The van der Waals surface area contributed by atoms with Gasteiger partial charge in [0.25, 0.3) is 0 Å². The second-order valence-corrected chi connectivity index (χ2v) is 6.92. The van der Waals surface area contributed by atoms with Gasteiger partial charge in [0.2, 0.25) is 0 Å². The van der Waals surface area contributed by atoms with Crippen LogP contribution in [0.15, 0.2) is 18.5 Å². The minimum atomic E-state index is -4.54. The molecule has 1 aromatic rings. The summed E-state index contributed by atoms with van der Waals surface area (Å²) in [7, 11) is 0. The number of halogens is 3. The number of nitrogens with zero attached hydrogens (tertiary/aromatic N) is 3. The lowest BCUT2D eigenvalue weighted by atomic mass is 10.0. The summed E-state index contributed by atoms with van der Waals surface area (Å²) >= 11 is 0. The molecule has 0 aliphatic carbocycles. The van der Waals surface area contributed by atoms with Crippen LogP contribution in [-0.2, 0) is 10.9 Å². The summed E-state index contributed by atoms with van der Waals surface area (Å²) in [5, 5.41) is 0. The molecular weight excluding hydrogens is 335 g/mol. The maximum atomic E-state index is 12.7. The minimum absolute atomic E-state index is 0.101. The topological polar surface area (TPSA) is 55.3 Å². The average molecular weight is 357 g/mol. The van der Waals surface area contributed by atoms with Gasteiger partial charge in [-0.3, -0.25) is 4.98 Å². The van der Waals surface area contributed by atoms with Crippen LogP contribution in [-0.4, -0.2) is 39.1 Å². The number of alkyl halides is 3. The van der Waals surface area contributed by atoms with E-state index in [4.69, 9.17) is 4.74 Å². The lowest BCUT2D eigenvalue weighted by Crippen LogP contribution is -2.45. The molecule has 1 amide bonds. The van der Waals surface area contributed by atoms with E-state index in [1.165, 1.54) is 12.3 Å². The maximum Gasteiger partial charge on any atom is 0.434 e. The van der Waals surface area contributed by atoms with E-state index in [9.17, 15) is 18.0 Å². The molecule has 1 unspecified atom stereocenters. The molecule has 0 N–H and O–H groups in total. The zero-order chi connectivity index (χ0) is 18.7. The zero-order valence-corrected chi connectivity index (χ0v) is 14.5. The summed E-state index contributed by atoms with van der Waals surface area (Å²) < 4.78 is 43.5. The number of carbonyl (C=O) groups excluding carboxylic acids is 1. The van der Waals surface area contributed by atoms with Crippen LogP contribution in [0.3, 0.4) is 0 Å². The molecule has 8 heteroatoms. The quantitative estimate of drug-likeness (QED) is 0.792. The third-order valence-electron chi connectivity index (χ3n) is 3.61. The third kappa shape index (κ3) is 5.72. The van der Waals surface area contributed by atoms with Gasteiger partial charge in [-0.1, -0.05) is 6.08 Å². The predicted molar refractivity (Wildman–Crippen MR) is 86.6 cm³/mol. The average Bonchev–Trinajstić information content (AvgIpc) is 2.51. The zero-order valence-electron chi connectivity index (χ0n) is 14.5. The van der Waals surface area contributed by atoms with Crippen molar-refractivity contribution in [3.63, 3.8) is 0 Å². The smallest absolute Gasteiger partial charge is 0.434 e. The van der Waals surface area contributed by atoms with Gasteiger partial charge >= 0.3 is 12.3 Å². The van der Waals surface area contributed by atoms with Gasteiger partial charge in [0.1, 0.15) is 5.60 Å². The number of amides is 1. The second-order valence-electron chi connectivity index (χ2n) is 6.92. The van der Waals surface area contributed by atoms with Gasteiger partial charge in [-0.2, -0.15) is 13.2 Å². The van der Waals surface area contributed by atoms with Gasteiger partial charge < -0.3 is 9.64 Å². The van der Waals surface area contributed by atoms with Crippen molar-refractivity contribution in [1.29, 1.82) is 0 Å². The number of ether oxygens (including phenoxy) is 1. The number of piperidine rings is 1. The highest BCUT2D eigenvalue weighted by atomic mass is 19.4. The lowest BCUT2D eigenvalue weighted by Gasteiger charge is -2.35. The van der Waals surface area contributed by atoms with Crippen LogP contribution >= 0.6 is 0 Å². The minimum Gasteiger partial charge on any atom is -0.444 e. The van der Waals surface area contributed by atoms with Crippen molar-refractivity contribution in [3.05, 3.63) is 29.9 Å². The molecule has 1 saturated heterocycles. The van der Waals surface area contributed by atoms with Gasteiger partial charge in [0, 0.05) is 6.54 Å². The Labute approximate surface area is 144 Å². The van der Waals surface area contributed by atoms with Crippen LogP contribution < -0.4 is 0 Å². The molecule has 1 aliphatic heterocycles. The Kier molecular flexibility index (Phi) is 5.69. The van der Waals surface area contributed by atoms with E-state index in [0.29, 0.717) is 12.7 Å². The summed E-state index contributed by atoms with van der Waals surface area (Å²) in [6, 6.07) is -0.236. The monoisotopic (exact) mass is 357 g/mol. The van der Waals surface area contributed by atoms with Crippen molar-refractivity contribution in [1.82, 2.24) is 14.9 Å². The van der Waals surface area contributed by atoms with Crippen molar-refractivity contribution >= 4 is 12.2 Å². The Balaban J connectivity index is 2.13. The van der Waals surface area contributed by atoms with E-state index < -0.39 is 23.6 Å². The highest BCUT2D eigenvalue weighted by Crippen LogP contribution is 2.27. The van der Waals surface area contributed by atoms with E-state index in [2.05, 4.69) is 9.97 Å². The standard InChI is InChI=1S/C17H22F3N3O2/c1-16(2,3)25-15(24)23-9-5-4-6-13(23)8-7-12-10-21-11-14(22-12)17(18,19)20/h7-8,10-11,13H,4-6,9H2,1-3H3. The van der Waals surface area contributed by atoms with Crippen LogP contribution in [0.25, 0.3) is 6.08 Å². The number of aromatic nitrogens is 2. The SMILES string of the molecule is CC(C)(C)OC(=O)N1CCCCC1C=Cc1cncc(C(F)(F)F)n1. The summed E-state index contributed by atoms with van der Waals surface area (Å²) in [6.07, 6.45) is 2.67. The predicted octanol–water partition coefficient (Wildman–Crippen LogP) is 4.30. The molecule has 0 radical (unpaired) electrons. The van der Waals surface area contributed by atoms with Crippen molar-refractivity contribution in [2.45, 2.75) is 57.9 Å². The number of hydrogen-bond acceptors (Lipinski definition) is 4. The first-order valence-electron chi connectivity index (χ1n) is 8.13. The number of hydrogen-bond donors (Lipinski definition) is 0. The van der Waals surface area contributed by atoms with Crippen LogP contribution in [0, 0.1) is 0 Å². The molecule has 0 bridgehead atoms. The fourth-order valence-corrected chi connectivity index (χ4v) is 2.51. The third-order valence-corrected chi connectivity index (χ3v) is 3.61. The van der Waals surface area contributed by atoms with Crippen LogP contribution in [0.1, 0.15) is 51.4 Å². The Bertz CT molecular complexity index is 639. The fourth-order valence-electron chi connectivity index (χ4n) is 2.51. The Morgan fingerprint density at radius 3 is 2.64 bits per heavy atom.